The van der Waals surface area contributed by atoms with E-state index in [4.69, 9.17) is 16.0 Å². The van der Waals surface area contributed by atoms with Crippen LogP contribution in [0.2, 0.25) is 5.15 Å². The van der Waals surface area contributed by atoms with E-state index in [1.165, 1.54) is 36.6 Å². The van der Waals surface area contributed by atoms with Gasteiger partial charge in [-0.05, 0) is 18.6 Å². The summed E-state index contributed by atoms with van der Waals surface area (Å²) in [5.41, 5.74) is -1.10. The highest BCUT2D eigenvalue weighted by Gasteiger charge is 2.37. The van der Waals surface area contributed by atoms with Gasteiger partial charge >= 0.3 is 6.18 Å². The predicted molar refractivity (Wildman–Crippen MR) is 101 cm³/mol. The first-order chi connectivity index (χ1) is 14.1. The first kappa shape index (κ1) is 20.3. The van der Waals surface area contributed by atoms with Crippen LogP contribution in [0.25, 0.3) is 16.8 Å². The fourth-order valence-electron chi connectivity index (χ4n) is 3.55. The highest BCUT2D eigenvalue weighted by Crippen LogP contribution is 2.37. The summed E-state index contributed by atoms with van der Waals surface area (Å²) in [6.07, 6.45) is -0.138. The van der Waals surface area contributed by atoms with Crippen LogP contribution in [0.4, 0.5) is 13.2 Å². The molecule has 11 heteroatoms. The molecule has 1 N–H and O–H groups in total. The van der Waals surface area contributed by atoms with Crippen LogP contribution in [0.5, 0.6) is 0 Å². The van der Waals surface area contributed by atoms with Gasteiger partial charge in [-0.3, -0.25) is 14.0 Å². The number of nitrogens with one attached hydrogen (secondary N) is 1. The average molecular weight is 441 g/mol. The minimum Gasteiger partial charge on any atom is -0.472 e. The molecule has 0 bridgehead atoms. The van der Waals surface area contributed by atoms with Crippen molar-refractivity contribution < 1.29 is 27.2 Å². The number of hydrogen-bond donors (Lipinski definition) is 1. The number of pyridine rings is 1. The molecule has 3 aromatic rings. The molecule has 2 amide bonds. The van der Waals surface area contributed by atoms with Crippen LogP contribution in [-0.2, 0) is 11.0 Å². The lowest BCUT2D eigenvalue weighted by molar-refractivity contribution is -0.136. The summed E-state index contributed by atoms with van der Waals surface area (Å²) in [4.78, 5) is 29.5. The van der Waals surface area contributed by atoms with Crippen molar-refractivity contribution in [2.24, 2.45) is 0 Å². The third kappa shape index (κ3) is 3.62. The van der Waals surface area contributed by atoms with Crippen molar-refractivity contribution in [3.63, 3.8) is 0 Å². The standard InChI is InChI=1S/C19H16ClF3N4O3/c1-10(28)24-13-2-4-26(8-13)18(29)15-16(20)27-7-12(11-3-5-30-9-11)6-14(17(27)25-15)19(21,22)23/h3,5-7,9,13H,2,4,8H2,1H3,(H,24,28)/t13-/m1/s1. The lowest BCUT2D eigenvalue weighted by atomic mass is 10.1. The Hall–Kier alpha value is -3.01. The van der Waals surface area contributed by atoms with Crippen LogP contribution >= 0.6 is 11.6 Å². The normalized spacial score (nSPS) is 17.0. The Morgan fingerprint density at radius 1 is 1.33 bits per heavy atom. The second-order valence-corrected chi connectivity index (χ2v) is 7.39. The fraction of sp³-hybridized carbons (Fsp3) is 0.316. The van der Waals surface area contributed by atoms with Gasteiger partial charge in [0.1, 0.15) is 5.15 Å². The second kappa shape index (κ2) is 7.35. The molecule has 1 aliphatic rings. The van der Waals surface area contributed by atoms with E-state index in [2.05, 4.69) is 10.3 Å². The molecule has 1 fully saturated rings. The number of imidazole rings is 1. The summed E-state index contributed by atoms with van der Waals surface area (Å²) in [6.45, 7) is 1.94. The Balaban J connectivity index is 1.76. The van der Waals surface area contributed by atoms with Gasteiger partial charge in [0.25, 0.3) is 5.91 Å². The number of hydrogen-bond acceptors (Lipinski definition) is 4. The lowest BCUT2D eigenvalue weighted by Crippen LogP contribution is -2.37. The zero-order valence-corrected chi connectivity index (χ0v) is 16.4. The molecule has 0 spiro atoms. The number of halogens is 4. The topological polar surface area (TPSA) is 79.8 Å². The van der Waals surface area contributed by atoms with Crippen molar-refractivity contribution in [3.8, 4) is 11.1 Å². The van der Waals surface area contributed by atoms with Crippen LogP contribution in [-0.4, -0.2) is 45.2 Å². The summed E-state index contributed by atoms with van der Waals surface area (Å²) in [7, 11) is 0. The Labute approximate surface area is 173 Å². The molecule has 1 atom stereocenters. The molecule has 0 aromatic carbocycles. The minimum absolute atomic E-state index is 0.214. The van der Waals surface area contributed by atoms with Gasteiger partial charge in [-0.1, -0.05) is 11.6 Å². The van der Waals surface area contributed by atoms with E-state index >= 15 is 0 Å². The van der Waals surface area contributed by atoms with Crippen LogP contribution in [0, 0.1) is 0 Å². The lowest BCUT2D eigenvalue weighted by Gasteiger charge is -2.15. The summed E-state index contributed by atoms with van der Waals surface area (Å²) in [5, 5.41) is 2.51. The highest BCUT2D eigenvalue weighted by atomic mass is 35.5. The minimum atomic E-state index is -4.71. The number of aromatic nitrogens is 2. The molecule has 30 heavy (non-hydrogen) atoms. The summed E-state index contributed by atoms with van der Waals surface area (Å²) >= 11 is 6.30. The highest BCUT2D eigenvalue weighted by molar-refractivity contribution is 6.33. The number of likely N-dealkylation sites (tertiary alicyclic amines) is 1. The van der Waals surface area contributed by atoms with E-state index in [0.717, 1.165) is 10.5 Å². The van der Waals surface area contributed by atoms with Gasteiger partial charge in [0.2, 0.25) is 5.91 Å². The first-order valence-corrected chi connectivity index (χ1v) is 9.40. The van der Waals surface area contributed by atoms with Crippen LogP contribution in [0.15, 0.2) is 35.3 Å². The van der Waals surface area contributed by atoms with Gasteiger partial charge in [-0.25, -0.2) is 4.98 Å². The Morgan fingerprint density at radius 2 is 2.10 bits per heavy atom. The molecule has 1 aliphatic heterocycles. The monoisotopic (exact) mass is 440 g/mol. The number of amides is 2. The molecule has 4 heterocycles. The SMILES string of the molecule is CC(=O)N[C@@H]1CCN(C(=O)c2nc3c(C(F)(F)F)cc(-c4ccoc4)cn3c2Cl)C1. The van der Waals surface area contributed by atoms with Gasteiger partial charge in [-0.2, -0.15) is 13.2 Å². The Bertz CT molecular complexity index is 1120. The maximum absolute atomic E-state index is 13.7. The molecular formula is C19H16ClF3N4O3. The van der Waals surface area contributed by atoms with E-state index in [9.17, 15) is 22.8 Å². The average Bonchev–Trinajstić information content (AvgIpc) is 3.40. The molecule has 3 aromatic heterocycles. The van der Waals surface area contributed by atoms with E-state index in [-0.39, 0.29) is 34.9 Å². The zero-order chi connectivity index (χ0) is 21.6. The van der Waals surface area contributed by atoms with E-state index < -0.39 is 23.3 Å². The Morgan fingerprint density at radius 3 is 2.73 bits per heavy atom. The predicted octanol–water partition coefficient (Wildman–Crippen LogP) is 3.62. The quantitative estimate of drug-likeness (QED) is 0.674. The molecule has 1 saturated heterocycles. The summed E-state index contributed by atoms with van der Waals surface area (Å²) in [5.74, 6) is -0.809. The number of furan rings is 1. The van der Waals surface area contributed by atoms with Crippen LogP contribution < -0.4 is 5.32 Å². The van der Waals surface area contributed by atoms with Crippen molar-refractivity contribution in [2.45, 2.75) is 25.6 Å². The van der Waals surface area contributed by atoms with E-state index in [1.807, 2.05) is 0 Å². The molecule has 0 radical (unpaired) electrons. The van der Waals surface area contributed by atoms with E-state index in [0.29, 0.717) is 18.5 Å². The largest absolute Gasteiger partial charge is 0.472 e. The first-order valence-electron chi connectivity index (χ1n) is 9.03. The summed E-state index contributed by atoms with van der Waals surface area (Å²) in [6, 6.07) is 2.24. The molecule has 7 nitrogen and oxygen atoms in total. The number of fused-ring (bicyclic) bond motifs is 1. The van der Waals surface area contributed by atoms with Crippen molar-refractivity contribution >= 4 is 29.1 Å². The Kier molecular flexibility index (Phi) is 4.97. The van der Waals surface area contributed by atoms with Crippen molar-refractivity contribution in [1.29, 1.82) is 0 Å². The number of alkyl halides is 3. The van der Waals surface area contributed by atoms with Gasteiger partial charge in [-0.15, -0.1) is 0 Å². The van der Waals surface area contributed by atoms with Gasteiger partial charge in [0, 0.05) is 43.4 Å². The van der Waals surface area contributed by atoms with Gasteiger partial charge in [0.15, 0.2) is 11.3 Å². The molecule has 0 saturated carbocycles. The van der Waals surface area contributed by atoms with Crippen molar-refractivity contribution in [2.75, 3.05) is 13.1 Å². The molecule has 158 valence electrons. The van der Waals surface area contributed by atoms with Gasteiger partial charge < -0.3 is 14.6 Å². The maximum atomic E-state index is 13.7. The molecule has 0 aliphatic carbocycles. The maximum Gasteiger partial charge on any atom is 0.420 e. The van der Waals surface area contributed by atoms with Crippen LogP contribution in [0.1, 0.15) is 29.4 Å². The summed E-state index contributed by atoms with van der Waals surface area (Å²) < 4.78 is 47.1. The number of carbonyl (C=O) groups excluding carboxylic acids is 2. The smallest absolute Gasteiger partial charge is 0.420 e. The third-order valence-corrected chi connectivity index (χ3v) is 5.27. The molecule has 0 unspecified atom stereocenters. The molecule has 4 rings (SSSR count). The molecular weight excluding hydrogens is 425 g/mol. The zero-order valence-electron chi connectivity index (χ0n) is 15.7. The number of carbonyl (C=O) groups is 2. The second-order valence-electron chi connectivity index (χ2n) is 7.03. The van der Waals surface area contributed by atoms with Gasteiger partial charge in [0.05, 0.1) is 18.1 Å². The fourth-order valence-corrected chi connectivity index (χ4v) is 3.80. The number of nitrogens with zero attached hydrogens (tertiary/aromatic N) is 3. The van der Waals surface area contributed by atoms with Crippen molar-refractivity contribution in [1.82, 2.24) is 19.6 Å². The number of rotatable bonds is 3. The third-order valence-electron chi connectivity index (χ3n) is 4.91. The van der Waals surface area contributed by atoms with E-state index in [1.54, 1.807) is 0 Å². The van der Waals surface area contributed by atoms with Crippen LogP contribution in [0.3, 0.4) is 0 Å². The van der Waals surface area contributed by atoms with Crippen molar-refractivity contribution in [3.05, 3.63) is 47.3 Å².